The predicted molar refractivity (Wildman–Crippen MR) is 85.6 cm³/mol. The van der Waals surface area contributed by atoms with Crippen molar-refractivity contribution >= 4 is 6.03 Å². The second-order valence-electron chi connectivity index (χ2n) is 5.16. The second kappa shape index (κ2) is 7.45. The maximum Gasteiger partial charge on any atom is 0.317 e. The molecule has 0 aliphatic rings. The number of methoxy groups -OCH3 is 1. The molecule has 2 amide bonds. The number of benzene rings is 1. The molecule has 0 fully saturated rings. The Bertz CT molecular complexity index is 616. The van der Waals surface area contributed by atoms with Crippen molar-refractivity contribution in [3.05, 3.63) is 59.9 Å². The lowest BCUT2D eigenvalue weighted by Gasteiger charge is -2.21. The lowest BCUT2D eigenvalue weighted by Crippen LogP contribution is -2.38. The summed E-state index contributed by atoms with van der Waals surface area (Å²) in [4.78, 5) is 17.9. The number of hydrogen-bond acceptors (Lipinski definition) is 3. The summed E-state index contributed by atoms with van der Waals surface area (Å²) in [5, 5.41) is 2.97. The first-order chi connectivity index (χ1) is 10.6. The highest BCUT2D eigenvalue weighted by Gasteiger charge is 2.13. The molecule has 1 aromatic heterocycles. The van der Waals surface area contributed by atoms with E-state index in [4.69, 9.17) is 4.74 Å². The van der Waals surface area contributed by atoms with Gasteiger partial charge in [0.2, 0.25) is 0 Å². The standard InChI is InChI=1S/C17H21N3O2/c1-13(15-7-9-18-10-8-15)19-17(21)20(2)12-14-5-4-6-16(11-14)22-3/h4-11,13H,12H2,1-3H3,(H,19,21). The first-order valence-corrected chi connectivity index (χ1v) is 7.14. The Morgan fingerprint density at radius 3 is 2.73 bits per heavy atom. The minimum absolute atomic E-state index is 0.0664. The average Bonchev–Trinajstić information content (AvgIpc) is 2.55. The molecular formula is C17H21N3O2. The molecule has 0 saturated heterocycles. The van der Waals surface area contributed by atoms with E-state index in [1.54, 1.807) is 31.5 Å². The van der Waals surface area contributed by atoms with Crippen LogP contribution in [0.2, 0.25) is 0 Å². The molecule has 5 nitrogen and oxygen atoms in total. The summed E-state index contributed by atoms with van der Waals surface area (Å²) in [6.45, 7) is 2.47. The molecule has 5 heteroatoms. The van der Waals surface area contributed by atoms with Gasteiger partial charge in [0.05, 0.1) is 13.2 Å². The summed E-state index contributed by atoms with van der Waals surface area (Å²) >= 11 is 0. The fraction of sp³-hybridized carbons (Fsp3) is 0.294. The Morgan fingerprint density at radius 1 is 1.32 bits per heavy atom. The quantitative estimate of drug-likeness (QED) is 0.923. The van der Waals surface area contributed by atoms with Crippen LogP contribution in [0.5, 0.6) is 5.75 Å². The van der Waals surface area contributed by atoms with Gasteiger partial charge in [0.25, 0.3) is 0 Å². The normalized spacial score (nSPS) is 11.6. The molecular weight excluding hydrogens is 278 g/mol. The van der Waals surface area contributed by atoms with Crippen molar-refractivity contribution in [3.63, 3.8) is 0 Å². The van der Waals surface area contributed by atoms with Gasteiger partial charge >= 0.3 is 6.03 Å². The number of hydrogen-bond donors (Lipinski definition) is 1. The first kappa shape index (κ1) is 15.8. The van der Waals surface area contributed by atoms with E-state index in [9.17, 15) is 4.79 Å². The number of aromatic nitrogens is 1. The molecule has 0 aliphatic carbocycles. The van der Waals surface area contributed by atoms with Gasteiger partial charge in [-0.15, -0.1) is 0 Å². The van der Waals surface area contributed by atoms with Crippen LogP contribution < -0.4 is 10.1 Å². The van der Waals surface area contributed by atoms with Crippen LogP contribution in [0.25, 0.3) is 0 Å². The maximum absolute atomic E-state index is 12.3. The van der Waals surface area contributed by atoms with Gasteiger partial charge in [0.15, 0.2) is 0 Å². The number of pyridine rings is 1. The summed E-state index contributed by atoms with van der Waals surface area (Å²) < 4.78 is 5.19. The molecule has 1 aromatic carbocycles. The number of carbonyl (C=O) groups is 1. The lowest BCUT2D eigenvalue weighted by molar-refractivity contribution is 0.203. The number of urea groups is 1. The summed E-state index contributed by atoms with van der Waals surface area (Å²) in [5.74, 6) is 0.788. The third-order valence-corrected chi connectivity index (χ3v) is 3.45. The van der Waals surface area contributed by atoms with Crippen LogP contribution in [-0.2, 0) is 6.54 Å². The molecule has 0 radical (unpaired) electrons. The third-order valence-electron chi connectivity index (χ3n) is 3.45. The number of nitrogens with one attached hydrogen (secondary N) is 1. The number of amides is 2. The van der Waals surface area contributed by atoms with Crippen LogP contribution in [0, 0.1) is 0 Å². The topological polar surface area (TPSA) is 54.5 Å². The summed E-state index contributed by atoms with van der Waals surface area (Å²) in [5.41, 5.74) is 2.05. The van der Waals surface area contributed by atoms with Gasteiger partial charge in [-0.3, -0.25) is 4.98 Å². The Hall–Kier alpha value is -2.56. The van der Waals surface area contributed by atoms with Gasteiger partial charge in [0.1, 0.15) is 5.75 Å². The number of nitrogens with zero attached hydrogens (tertiary/aromatic N) is 2. The molecule has 0 spiro atoms. The molecule has 1 atom stereocenters. The number of ether oxygens (including phenoxy) is 1. The van der Waals surface area contributed by atoms with E-state index >= 15 is 0 Å². The smallest absolute Gasteiger partial charge is 0.317 e. The Kier molecular flexibility index (Phi) is 5.36. The van der Waals surface area contributed by atoms with Crippen LogP contribution in [0.3, 0.4) is 0 Å². The van der Waals surface area contributed by atoms with E-state index in [0.717, 1.165) is 16.9 Å². The largest absolute Gasteiger partial charge is 0.497 e. The first-order valence-electron chi connectivity index (χ1n) is 7.14. The zero-order chi connectivity index (χ0) is 15.9. The Labute approximate surface area is 130 Å². The maximum atomic E-state index is 12.3. The third kappa shape index (κ3) is 4.22. The number of rotatable bonds is 5. The molecule has 22 heavy (non-hydrogen) atoms. The summed E-state index contributed by atoms with van der Waals surface area (Å²) in [7, 11) is 3.40. The fourth-order valence-corrected chi connectivity index (χ4v) is 2.15. The van der Waals surface area contributed by atoms with Crippen molar-refractivity contribution < 1.29 is 9.53 Å². The fourth-order valence-electron chi connectivity index (χ4n) is 2.15. The highest BCUT2D eigenvalue weighted by molar-refractivity contribution is 5.74. The van der Waals surface area contributed by atoms with E-state index in [-0.39, 0.29) is 12.1 Å². The molecule has 116 valence electrons. The van der Waals surface area contributed by atoms with Crippen LogP contribution in [0.1, 0.15) is 24.1 Å². The minimum Gasteiger partial charge on any atom is -0.497 e. The minimum atomic E-state index is -0.118. The highest BCUT2D eigenvalue weighted by atomic mass is 16.5. The molecule has 1 heterocycles. The second-order valence-corrected chi connectivity index (χ2v) is 5.16. The molecule has 1 unspecified atom stereocenters. The SMILES string of the molecule is COc1cccc(CN(C)C(=O)NC(C)c2ccncc2)c1. The van der Waals surface area contributed by atoms with Gasteiger partial charge in [-0.1, -0.05) is 12.1 Å². The van der Waals surface area contributed by atoms with Gasteiger partial charge in [0, 0.05) is 26.0 Å². The average molecular weight is 299 g/mol. The zero-order valence-electron chi connectivity index (χ0n) is 13.1. The summed E-state index contributed by atoms with van der Waals surface area (Å²) in [6, 6.07) is 11.3. The van der Waals surface area contributed by atoms with E-state index in [2.05, 4.69) is 10.3 Å². The van der Waals surface area contributed by atoms with E-state index < -0.39 is 0 Å². The van der Waals surface area contributed by atoms with Gasteiger partial charge in [-0.2, -0.15) is 0 Å². The molecule has 1 N–H and O–H groups in total. The van der Waals surface area contributed by atoms with Crippen LogP contribution in [0.4, 0.5) is 4.79 Å². The Morgan fingerprint density at radius 2 is 2.05 bits per heavy atom. The van der Waals surface area contributed by atoms with Crippen LogP contribution in [0.15, 0.2) is 48.8 Å². The van der Waals surface area contributed by atoms with Crippen molar-refractivity contribution in [1.29, 1.82) is 0 Å². The lowest BCUT2D eigenvalue weighted by atomic mass is 10.1. The highest BCUT2D eigenvalue weighted by Crippen LogP contribution is 2.15. The van der Waals surface area contributed by atoms with Crippen molar-refractivity contribution in [2.75, 3.05) is 14.2 Å². The van der Waals surface area contributed by atoms with Gasteiger partial charge in [-0.25, -0.2) is 4.79 Å². The molecule has 2 aromatic rings. The van der Waals surface area contributed by atoms with Crippen LogP contribution in [-0.4, -0.2) is 30.1 Å². The van der Waals surface area contributed by atoms with Crippen molar-refractivity contribution in [2.45, 2.75) is 19.5 Å². The molecule has 0 aliphatic heterocycles. The predicted octanol–water partition coefficient (Wildman–Crippen LogP) is 2.99. The van der Waals surface area contributed by atoms with Gasteiger partial charge in [-0.05, 0) is 42.3 Å². The zero-order valence-corrected chi connectivity index (χ0v) is 13.1. The van der Waals surface area contributed by atoms with Crippen LogP contribution >= 0.6 is 0 Å². The summed E-state index contributed by atoms with van der Waals surface area (Å²) in [6.07, 6.45) is 3.44. The van der Waals surface area contributed by atoms with Crippen molar-refractivity contribution in [1.82, 2.24) is 15.2 Å². The van der Waals surface area contributed by atoms with Gasteiger partial charge < -0.3 is 15.0 Å². The number of carbonyl (C=O) groups excluding carboxylic acids is 1. The molecule has 0 bridgehead atoms. The molecule has 2 rings (SSSR count). The molecule has 0 saturated carbocycles. The van der Waals surface area contributed by atoms with E-state index in [1.807, 2.05) is 43.3 Å². The van der Waals surface area contributed by atoms with Crippen molar-refractivity contribution in [3.8, 4) is 5.75 Å². The van der Waals surface area contributed by atoms with E-state index in [1.165, 1.54) is 0 Å². The van der Waals surface area contributed by atoms with E-state index in [0.29, 0.717) is 6.54 Å². The Balaban J connectivity index is 1.94. The van der Waals surface area contributed by atoms with Crippen molar-refractivity contribution in [2.24, 2.45) is 0 Å². The monoisotopic (exact) mass is 299 g/mol.